The van der Waals surface area contributed by atoms with E-state index in [1.165, 1.54) is 0 Å². The van der Waals surface area contributed by atoms with Gasteiger partial charge in [-0.15, -0.1) is 0 Å². The highest BCUT2D eigenvalue weighted by Crippen LogP contribution is 2.21. The fourth-order valence-corrected chi connectivity index (χ4v) is 2.07. The minimum absolute atomic E-state index is 0.410. The highest BCUT2D eigenvalue weighted by Gasteiger charge is 2.30. The standard InChI is InChI=1S/C12H20N4O2/c1-3-4-10-14-11(13-2)5-12(15-10)16-6-8(17)9(18)7-16/h5,8-9,17-18H,3-4,6-7H2,1-2H3,(H,13,14,15). The summed E-state index contributed by atoms with van der Waals surface area (Å²) in [5.74, 6) is 2.31. The predicted octanol–water partition coefficient (Wildman–Crippen LogP) is 0.0126. The number of β-amino-alcohol motifs (C(OH)–C–C–N with tert-alkyl or cyclic N) is 2. The van der Waals surface area contributed by atoms with Gasteiger partial charge in [0.05, 0.1) is 12.2 Å². The minimum Gasteiger partial charge on any atom is -0.389 e. The molecule has 1 aliphatic rings. The largest absolute Gasteiger partial charge is 0.389 e. The van der Waals surface area contributed by atoms with Crippen LogP contribution in [0.2, 0.25) is 0 Å². The van der Waals surface area contributed by atoms with Crippen molar-refractivity contribution in [1.29, 1.82) is 0 Å². The molecule has 0 aliphatic carbocycles. The number of aryl methyl sites for hydroxylation is 1. The number of anilines is 2. The van der Waals surface area contributed by atoms with Gasteiger partial charge in [0.25, 0.3) is 0 Å². The molecule has 6 heteroatoms. The van der Waals surface area contributed by atoms with Crippen LogP contribution in [0, 0.1) is 0 Å². The Morgan fingerprint density at radius 3 is 2.56 bits per heavy atom. The summed E-state index contributed by atoms with van der Waals surface area (Å²) in [6.45, 7) is 2.90. The molecular weight excluding hydrogens is 232 g/mol. The first-order valence-electron chi connectivity index (χ1n) is 6.30. The fraction of sp³-hybridized carbons (Fsp3) is 0.667. The van der Waals surface area contributed by atoms with Crippen LogP contribution < -0.4 is 10.2 Å². The van der Waals surface area contributed by atoms with Crippen molar-refractivity contribution in [3.05, 3.63) is 11.9 Å². The van der Waals surface area contributed by atoms with E-state index in [1.54, 1.807) is 0 Å². The summed E-state index contributed by atoms with van der Waals surface area (Å²) in [4.78, 5) is 10.7. The molecule has 1 saturated heterocycles. The molecule has 3 N–H and O–H groups in total. The van der Waals surface area contributed by atoms with E-state index in [-0.39, 0.29) is 0 Å². The molecule has 1 fully saturated rings. The number of aromatic nitrogens is 2. The van der Waals surface area contributed by atoms with E-state index in [4.69, 9.17) is 0 Å². The Morgan fingerprint density at radius 2 is 2.00 bits per heavy atom. The quantitative estimate of drug-likeness (QED) is 0.700. The van der Waals surface area contributed by atoms with Gasteiger partial charge in [-0.3, -0.25) is 0 Å². The van der Waals surface area contributed by atoms with Crippen LogP contribution in [0.1, 0.15) is 19.2 Å². The Hall–Kier alpha value is -1.40. The molecule has 2 atom stereocenters. The van der Waals surface area contributed by atoms with Crippen LogP contribution in [0.25, 0.3) is 0 Å². The number of nitrogens with zero attached hydrogens (tertiary/aromatic N) is 3. The molecule has 0 spiro atoms. The van der Waals surface area contributed by atoms with Crippen molar-refractivity contribution >= 4 is 11.6 Å². The highest BCUT2D eigenvalue weighted by atomic mass is 16.3. The molecule has 2 unspecified atom stereocenters. The van der Waals surface area contributed by atoms with Gasteiger partial charge < -0.3 is 20.4 Å². The molecule has 100 valence electrons. The third-order valence-corrected chi connectivity index (χ3v) is 3.07. The molecule has 6 nitrogen and oxygen atoms in total. The van der Waals surface area contributed by atoms with Crippen molar-refractivity contribution < 1.29 is 10.2 Å². The summed E-state index contributed by atoms with van der Waals surface area (Å²) in [6, 6.07) is 1.84. The normalized spacial score (nSPS) is 23.4. The Kier molecular flexibility index (Phi) is 3.98. The van der Waals surface area contributed by atoms with Gasteiger partial charge in [-0.2, -0.15) is 0 Å². The molecule has 1 aromatic heterocycles. The first-order chi connectivity index (χ1) is 8.63. The molecule has 1 aliphatic heterocycles. The zero-order chi connectivity index (χ0) is 13.1. The summed E-state index contributed by atoms with van der Waals surface area (Å²) in [7, 11) is 1.81. The number of aliphatic hydroxyl groups is 2. The lowest BCUT2D eigenvalue weighted by Crippen LogP contribution is -2.23. The van der Waals surface area contributed by atoms with Gasteiger partial charge in [-0.05, 0) is 6.42 Å². The molecule has 0 aromatic carbocycles. The van der Waals surface area contributed by atoms with E-state index >= 15 is 0 Å². The monoisotopic (exact) mass is 252 g/mol. The van der Waals surface area contributed by atoms with E-state index in [0.29, 0.717) is 13.1 Å². The molecule has 0 amide bonds. The van der Waals surface area contributed by atoms with Gasteiger partial charge in [-0.1, -0.05) is 6.92 Å². The summed E-state index contributed by atoms with van der Waals surface area (Å²) >= 11 is 0. The molecule has 1 aromatic rings. The van der Waals surface area contributed by atoms with Crippen LogP contribution in [0.15, 0.2) is 6.07 Å². The Labute approximate surface area is 107 Å². The van der Waals surface area contributed by atoms with Gasteiger partial charge in [-0.25, -0.2) is 9.97 Å². The van der Waals surface area contributed by atoms with Crippen LogP contribution in [-0.2, 0) is 6.42 Å². The zero-order valence-corrected chi connectivity index (χ0v) is 10.8. The van der Waals surface area contributed by atoms with Gasteiger partial charge in [0.1, 0.15) is 17.5 Å². The van der Waals surface area contributed by atoms with E-state index in [2.05, 4.69) is 22.2 Å². The van der Waals surface area contributed by atoms with E-state index < -0.39 is 12.2 Å². The molecule has 2 rings (SSSR count). The van der Waals surface area contributed by atoms with E-state index in [0.717, 1.165) is 30.3 Å². The fourth-order valence-electron chi connectivity index (χ4n) is 2.07. The van der Waals surface area contributed by atoms with Crippen molar-refractivity contribution in [2.75, 3.05) is 30.4 Å². The SMILES string of the molecule is CCCc1nc(NC)cc(N2CC(O)C(O)C2)n1. The highest BCUT2D eigenvalue weighted by molar-refractivity contribution is 5.50. The predicted molar refractivity (Wildman–Crippen MR) is 69.8 cm³/mol. The number of rotatable bonds is 4. The van der Waals surface area contributed by atoms with Crippen molar-refractivity contribution in [2.45, 2.75) is 32.0 Å². The Morgan fingerprint density at radius 1 is 1.33 bits per heavy atom. The average Bonchev–Trinajstić information content (AvgIpc) is 2.70. The number of aliphatic hydroxyl groups excluding tert-OH is 2. The number of hydrogen-bond donors (Lipinski definition) is 3. The zero-order valence-electron chi connectivity index (χ0n) is 10.8. The van der Waals surface area contributed by atoms with Gasteiger partial charge >= 0.3 is 0 Å². The summed E-state index contributed by atoms with van der Waals surface area (Å²) < 4.78 is 0. The maximum atomic E-state index is 9.58. The van der Waals surface area contributed by atoms with Crippen LogP contribution in [0.4, 0.5) is 11.6 Å². The summed E-state index contributed by atoms with van der Waals surface area (Å²) in [6.07, 6.45) is 0.402. The van der Waals surface area contributed by atoms with Gasteiger partial charge in [0, 0.05) is 32.6 Å². The average molecular weight is 252 g/mol. The van der Waals surface area contributed by atoms with Crippen LogP contribution >= 0.6 is 0 Å². The minimum atomic E-state index is -0.701. The van der Waals surface area contributed by atoms with Crippen molar-refractivity contribution in [1.82, 2.24) is 9.97 Å². The molecule has 0 bridgehead atoms. The topological polar surface area (TPSA) is 81.5 Å². The van der Waals surface area contributed by atoms with Crippen molar-refractivity contribution in [3.63, 3.8) is 0 Å². The second-order valence-corrected chi connectivity index (χ2v) is 4.57. The lowest BCUT2D eigenvalue weighted by Gasteiger charge is -2.18. The van der Waals surface area contributed by atoms with Gasteiger partial charge in [0.2, 0.25) is 0 Å². The molecule has 18 heavy (non-hydrogen) atoms. The molecule has 0 radical (unpaired) electrons. The number of nitrogens with one attached hydrogen (secondary N) is 1. The van der Waals surface area contributed by atoms with Crippen molar-refractivity contribution in [2.24, 2.45) is 0 Å². The van der Waals surface area contributed by atoms with Gasteiger partial charge in [0.15, 0.2) is 0 Å². The van der Waals surface area contributed by atoms with E-state index in [9.17, 15) is 10.2 Å². The first kappa shape index (κ1) is 13.0. The Balaban J connectivity index is 2.24. The third-order valence-electron chi connectivity index (χ3n) is 3.07. The van der Waals surface area contributed by atoms with E-state index in [1.807, 2.05) is 18.0 Å². The maximum Gasteiger partial charge on any atom is 0.134 e. The van der Waals surface area contributed by atoms with Crippen molar-refractivity contribution in [3.8, 4) is 0 Å². The van der Waals surface area contributed by atoms with Crippen LogP contribution in [-0.4, -0.2) is 52.5 Å². The lowest BCUT2D eigenvalue weighted by atomic mass is 10.3. The summed E-state index contributed by atoms with van der Waals surface area (Å²) in [5, 5.41) is 22.2. The van der Waals surface area contributed by atoms with Crippen LogP contribution in [0.5, 0.6) is 0 Å². The smallest absolute Gasteiger partial charge is 0.134 e. The van der Waals surface area contributed by atoms with Crippen LogP contribution in [0.3, 0.4) is 0 Å². The third kappa shape index (κ3) is 2.70. The Bertz CT molecular complexity index is 403. The lowest BCUT2D eigenvalue weighted by molar-refractivity contribution is 0.0572. The second-order valence-electron chi connectivity index (χ2n) is 4.57. The first-order valence-corrected chi connectivity index (χ1v) is 6.30. The second kappa shape index (κ2) is 5.49. The molecule has 0 saturated carbocycles. The molecular formula is C12H20N4O2. The number of hydrogen-bond acceptors (Lipinski definition) is 6. The maximum absolute atomic E-state index is 9.58. The summed E-state index contributed by atoms with van der Waals surface area (Å²) in [5.41, 5.74) is 0. The molecule has 2 heterocycles.